The van der Waals surface area contributed by atoms with E-state index in [-0.39, 0.29) is 12.0 Å². The number of alkyl halides is 5. The average Bonchev–Trinajstić information content (AvgIpc) is 2.85. The maximum absolute atomic E-state index is 12.6. The standard InChI is InChI=1S/C17H14ClF5O3/c1-15(2)11(7-12(18)17(21,22)23)16(15,14(24)25)5-3-4-9-6-10(13(19)20)26-8-9/h6-8,11,13H,5H2,1-2H3,(H,24,25)/t11-,16+/m1/s1. The van der Waals surface area contributed by atoms with Gasteiger partial charge >= 0.3 is 12.1 Å². The first-order valence-corrected chi connectivity index (χ1v) is 7.75. The Morgan fingerprint density at radius 3 is 2.54 bits per heavy atom. The lowest BCUT2D eigenvalue weighted by molar-refractivity contribution is -0.144. The van der Waals surface area contributed by atoms with Crippen LogP contribution < -0.4 is 0 Å². The second-order valence-electron chi connectivity index (χ2n) is 6.51. The van der Waals surface area contributed by atoms with Gasteiger partial charge in [0.2, 0.25) is 0 Å². The molecule has 1 heterocycles. The Bertz CT molecular complexity index is 797. The molecule has 1 N–H and O–H groups in total. The SMILES string of the molecule is CC1(C)[C@@H](C=C(Cl)C(F)(F)F)[C@@]1(CC#Cc1coc(C(F)F)c1)C(=O)O. The van der Waals surface area contributed by atoms with E-state index in [4.69, 9.17) is 11.6 Å². The fraction of sp³-hybridized carbons (Fsp3) is 0.471. The molecule has 3 nitrogen and oxygen atoms in total. The summed E-state index contributed by atoms with van der Waals surface area (Å²) in [7, 11) is 0. The van der Waals surface area contributed by atoms with Crippen molar-refractivity contribution in [2.24, 2.45) is 16.7 Å². The third kappa shape index (κ3) is 3.45. The van der Waals surface area contributed by atoms with Crippen molar-refractivity contribution in [3.8, 4) is 11.8 Å². The van der Waals surface area contributed by atoms with E-state index in [1.54, 1.807) is 0 Å². The summed E-state index contributed by atoms with van der Waals surface area (Å²) in [5, 5.41) is 8.17. The van der Waals surface area contributed by atoms with Crippen molar-refractivity contribution in [3.63, 3.8) is 0 Å². The zero-order valence-corrected chi connectivity index (χ0v) is 14.4. The van der Waals surface area contributed by atoms with Crippen LogP contribution in [-0.4, -0.2) is 17.3 Å². The smallest absolute Gasteiger partial charge is 0.426 e. The monoisotopic (exact) mass is 396 g/mol. The lowest BCUT2D eigenvalue weighted by atomic mass is 9.92. The second kappa shape index (κ2) is 6.62. The van der Waals surface area contributed by atoms with Crippen LogP contribution in [-0.2, 0) is 4.79 Å². The molecule has 26 heavy (non-hydrogen) atoms. The number of hydrogen-bond acceptors (Lipinski definition) is 2. The number of furan rings is 1. The Hall–Kier alpha value is -2.01. The van der Waals surface area contributed by atoms with Gasteiger partial charge in [-0.3, -0.25) is 4.79 Å². The van der Waals surface area contributed by atoms with Crippen LogP contribution in [0.25, 0.3) is 0 Å². The summed E-state index contributed by atoms with van der Waals surface area (Å²) in [6.07, 6.45) is -6.15. The lowest BCUT2D eigenvalue weighted by Crippen LogP contribution is -2.21. The van der Waals surface area contributed by atoms with E-state index in [1.165, 1.54) is 13.8 Å². The van der Waals surface area contributed by atoms with Gasteiger partial charge in [-0.2, -0.15) is 13.2 Å². The highest BCUT2D eigenvalue weighted by Gasteiger charge is 2.74. The Morgan fingerprint density at radius 1 is 1.46 bits per heavy atom. The first-order chi connectivity index (χ1) is 11.8. The number of aliphatic carboxylic acids is 1. The first kappa shape index (κ1) is 20.3. The van der Waals surface area contributed by atoms with E-state index in [9.17, 15) is 31.9 Å². The fourth-order valence-corrected chi connectivity index (χ4v) is 3.25. The van der Waals surface area contributed by atoms with Crippen molar-refractivity contribution >= 4 is 17.6 Å². The molecule has 0 bridgehead atoms. The van der Waals surface area contributed by atoms with Crippen LogP contribution in [0.2, 0.25) is 0 Å². The molecule has 0 aromatic carbocycles. The van der Waals surface area contributed by atoms with Gasteiger partial charge in [0, 0.05) is 18.4 Å². The summed E-state index contributed by atoms with van der Waals surface area (Å²) in [6, 6.07) is 1.01. The minimum absolute atomic E-state index is 0.125. The molecule has 1 aliphatic carbocycles. The summed E-state index contributed by atoms with van der Waals surface area (Å²) >= 11 is 5.24. The van der Waals surface area contributed by atoms with Gasteiger partial charge in [-0.15, -0.1) is 0 Å². The molecule has 0 radical (unpaired) electrons. The minimum atomic E-state index is -4.77. The predicted octanol–water partition coefficient (Wildman–Crippen LogP) is 5.37. The lowest BCUT2D eigenvalue weighted by Gasteiger charge is -2.11. The highest BCUT2D eigenvalue weighted by Crippen LogP contribution is 2.72. The quantitative estimate of drug-likeness (QED) is 0.550. The normalized spacial score (nSPS) is 25.0. The van der Waals surface area contributed by atoms with E-state index in [1.807, 2.05) is 0 Å². The van der Waals surface area contributed by atoms with E-state index in [0.29, 0.717) is 6.08 Å². The van der Waals surface area contributed by atoms with Crippen LogP contribution >= 0.6 is 11.6 Å². The molecular formula is C17H14ClF5O3. The maximum Gasteiger partial charge on any atom is 0.426 e. The van der Waals surface area contributed by atoms with E-state index < -0.39 is 46.1 Å². The molecule has 0 aliphatic heterocycles. The number of hydrogen-bond donors (Lipinski definition) is 1. The molecule has 0 spiro atoms. The highest BCUT2D eigenvalue weighted by molar-refractivity contribution is 6.30. The molecule has 0 unspecified atom stereocenters. The van der Waals surface area contributed by atoms with Gasteiger partial charge in [0.1, 0.15) is 11.3 Å². The molecule has 2 rings (SSSR count). The van der Waals surface area contributed by atoms with Gasteiger partial charge in [0.15, 0.2) is 5.76 Å². The molecule has 1 aromatic heterocycles. The highest BCUT2D eigenvalue weighted by atomic mass is 35.5. The van der Waals surface area contributed by atoms with Gasteiger partial charge in [-0.1, -0.05) is 43.4 Å². The Balaban J connectivity index is 2.26. The summed E-state index contributed by atoms with van der Waals surface area (Å²) in [6.45, 7) is 3.02. The van der Waals surface area contributed by atoms with Crippen molar-refractivity contribution in [3.05, 3.63) is 34.8 Å². The second-order valence-corrected chi connectivity index (χ2v) is 6.91. The molecule has 0 amide bonds. The van der Waals surface area contributed by atoms with Crippen molar-refractivity contribution in [1.29, 1.82) is 0 Å². The van der Waals surface area contributed by atoms with Crippen molar-refractivity contribution in [1.82, 2.24) is 0 Å². The van der Waals surface area contributed by atoms with Crippen LogP contribution in [0.4, 0.5) is 22.0 Å². The Morgan fingerprint density at radius 2 is 2.08 bits per heavy atom. The Kier molecular flexibility index (Phi) is 5.17. The van der Waals surface area contributed by atoms with Crippen molar-refractivity contribution in [2.75, 3.05) is 0 Å². The number of rotatable bonds is 4. The van der Waals surface area contributed by atoms with Crippen LogP contribution in [0.15, 0.2) is 27.9 Å². The number of halogens is 6. The van der Waals surface area contributed by atoms with E-state index in [0.717, 1.165) is 12.3 Å². The Labute approximate surface area is 150 Å². The molecule has 1 saturated carbocycles. The molecular weight excluding hydrogens is 383 g/mol. The summed E-state index contributed by atoms with van der Waals surface area (Å²) in [4.78, 5) is 11.7. The number of carbonyl (C=O) groups is 1. The summed E-state index contributed by atoms with van der Waals surface area (Å²) < 4.78 is 67.4. The van der Waals surface area contributed by atoms with Gasteiger partial charge in [0.25, 0.3) is 6.43 Å². The van der Waals surface area contributed by atoms with Crippen LogP contribution in [0, 0.1) is 28.6 Å². The van der Waals surface area contributed by atoms with E-state index in [2.05, 4.69) is 16.3 Å². The molecule has 142 valence electrons. The molecule has 1 fully saturated rings. The van der Waals surface area contributed by atoms with Crippen LogP contribution in [0.1, 0.15) is 38.0 Å². The van der Waals surface area contributed by atoms with Gasteiger partial charge < -0.3 is 9.52 Å². The first-order valence-electron chi connectivity index (χ1n) is 7.37. The zero-order valence-electron chi connectivity index (χ0n) is 13.6. The third-order valence-electron chi connectivity index (χ3n) is 4.78. The minimum Gasteiger partial charge on any atom is -0.481 e. The molecule has 1 aromatic rings. The number of allylic oxidation sites excluding steroid dienone is 2. The molecule has 1 aliphatic rings. The number of carboxylic acids is 1. The van der Waals surface area contributed by atoms with Crippen molar-refractivity contribution in [2.45, 2.75) is 32.9 Å². The van der Waals surface area contributed by atoms with Crippen LogP contribution in [0.5, 0.6) is 0 Å². The predicted molar refractivity (Wildman–Crippen MR) is 82.5 cm³/mol. The summed E-state index contributed by atoms with van der Waals surface area (Å²) in [5.74, 6) is 2.19. The van der Waals surface area contributed by atoms with Gasteiger partial charge in [-0.05, 0) is 5.41 Å². The summed E-state index contributed by atoms with van der Waals surface area (Å²) in [5.41, 5.74) is -2.44. The average molecular weight is 397 g/mol. The largest absolute Gasteiger partial charge is 0.481 e. The topological polar surface area (TPSA) is 50.4 Å². The van der Waals surface area contributed by atoms with Crippen molar-refractivity contribution < 1.29 is 36.3 Å². The van der Waals surface area contributed by atoms with Crippen LogP contribution in [0.3, 0.4) is 0 Å². The molecule has 9 heteroatoms. The van der Waals surface area contributed by atoms with Gasteiger partial charge in [-0.25, -0.2) is 8.78 Å². The van der Waals surface area contributed by atoms with E-state index >= 15 is 0 Å². The zero-order chi connectivity index (χ0) is 19.9. The van der Waals surface area contributed by atoms with Gasteiger partial charge in [0.05, 0.1) is 11.0 Å². The maximum atomic E-state index is 12.6. The molecule has 0 saturated heterocycles. The fourth-order valence-electron chi connectivity index (χ4n) is 3.13. The number of carboxylic acid groups (broad SMARTS) is 1. The third-order valence-corrected chi connectivity index (χ3v) is 5.12. The molecule has 2 atom stereocenters.